The summed E-state index contributed by atoms with van der Waals surface area (Å²) in [6, 6.07) is 7.74. The second kappa shape index (κ2) is 13.6. The van der Waals surface area contributed by atoms with Crippen LogP contribution in [-0.2, 0) is 16.1 Å². The molecule has 0 spiro atoms. The van der Waals surface area contributed by atoms with Gasteiger partial charge in [-0.1, -0.05) is 23.7 Å². The summed E-state index contributed by atoms with van der Waals surface area (Å²) < 4.78 is 11.1. The van der Waals surface area contributed by atoms with Crippen molar-refractivity contribution in [2.24, 2.45) is 10.9 Å². The lowest BCUT2D eigenvalue weighted by Gasteiger charge is -2.26. The number of hydrogen-bond acceptors (Lipinski definition) is 3. The first-order valence-corrected chi connectivity index (χ1v) is 9.38. The first kappa shape index (κ1) is 23.5. The Hall–Kier alpha value is -0.570. The molecule has 0 aliphatic carbocycles. The maximum absolute atomic E-state index is 5.88. The van der Waals surface area contributed by atoms with Crippen LogP contribution in [0.25, 0.3) is 0 Å². The third-order valence-corrected chi connectivity index (χ3v) is 4.75. The van der Waals surface area contributed by atoms with Crippen LogP contribution in [0.4, 0.5) is 0 Å². The van der Waals surface area contributed by atoms with Gasteiger partial charge in [0.15, 0.2) is 5.96 Å². The Kier molecular flexibility index (Phi) is 12.3. The van der Waals surface area contributed by atoms with E-state index in [0.29, 0.717) is 13.2 Å². The SMILES string of the molecule is CN=C(NCCOCc1ccc(Cl)cc1)N(C)CCC1CCOCC1.I. The summed E-state index contributed by atoms with van der Waals surface area (Å²) in [7, 11) is 3.91. The first-order chi connectivity index (χ1) is 12.2. The molecule has 0 unspecified atom stereocenters. The largest absolute Gasteiger partial charge is 0.381 e. The first-order valence-electron chi connectivity index (χ1n) is 9.00. The van der Waals surface area contributed by atoms with Gasteiger partial charge in [0.1, 0.15) is 0 Å². The molecule has 1 N–H and O–H groups in total. The molecule has 0 aromatic heterocycles. The predicted octanol–water partition coefficient (Wildman–Crippen LogP) is 3.80. The molecule has 1 heterocycles. The van der Waals surface area contributed by atoms with Gasteiger partial charge in [-0.15, -0.1) is 24.0 Å². The molecule has 5 nitrogen and oxygen atoms in total. The van der Waals surface area contributed by atoms with E-state index in [0.717, 1.165) is 48.8 Å². The number of nitrogens with one attached hydrogen (secondary N) is 1. The monoisotopic (exact) mass is 495 g/mol. The summed E-state index contributed by atoms with van der Waals surface area (Å²) in [5.41, 5.74) is 1.13. The van der Waals surface area contributed by atoms with Gasteiger partial charge in [-0.3, -0.25) is 4.99 Å². The molecule has 1 aromatic carbocycles. The van der Waals surface area contributed by atoms with Gasteiger partial charge in [-0.05, 0) is 42.9 Å². The molecule has 0 bridgehead atoms. The number of aliphatic imine (C=N–C) groups is 1. The zero-order valence-electron chi connectivity index (χ0n) is 15.7. The quantitative estimate of drug-likeness (QED) is 0.258. The summed E-state index contributed by atoms with van der Waals surface area (Å²) in [6.07, 6.45) is 3.55. The molecule has 0 atom stereocenters. The van der Waals surface area contributed by atoms with Crippen molar-refractivity contribution in [1.29, 1.82) is 0 Å². The van der Waals surface area contributed by atoms with Crippen LogP contribution in [0, 0.1) is 5.92 Å². The Bertz CT molecular complexity index is 522. The van der Waals surface area contributed by atoms with Crippen molar-refractivity contribution in [3.63, 3.8) is 0 Å². The summed E-state index contributed by atoms with van der Waals surface area (Å²) in [6.45, 7) is 4.79. The summed E-state index contributed by atoms with van der Waals surface area (Å²) in [5, 5.41) is 4.11. The van der Waals surface area contributed by atoms with Crippen molar-refractivity contribution in [3.05, 3.63) is 34.9 Å². The van der Waals surface area contributed by atoms with E-state index in [1.165, 1.54) is 19.3 Å². The highest BCUT2D eigenvalue weighted by Gasteiger charge is 2.15. The molecule has 26 heavy (non-hydrogen) atoms. The molecule has 1 fully saturated rings. The maximum Gasteiger partial charge on any atom is 0.193 e. The molecule has 2 rings (SSSR count). The molecular weight excluding hydrogens is 465 g/mol. The standard InChI is InChI=1S/C19H30ClN3O2.HI/c1-21-19(23(2)11-7-16-8-12-24-13-9-16)22-10-14-25-15-17-3-5-18(20)6-4-17;/h3-6,16H,7-15H2,1-2H3,(H,21,22);1H. The Morgan fingerprint density at radius 2 is 2.00 bits per heavy atom. The van der Waals surface area contributed by atoms with Crippen LogP contribution in [-0.4, -0.2) is 57.9 Å². The van der Waals surface area contributed by atoms with Crippen molar-refractivity contribution >= 4 is 41.5 Å². The van der Waals surface area contributed by atoms with Crippen molar-refractivity contribution < 1.29 is 9.47 Å². The van der Waals surface area contributed by atoms with Crippen LogP contribution < -0.4 is 5.32 Å². The zero-order chi connectivity index (χ0) is 17.9. The Morgan fingerprint density at radius 1 is 1.31 bits per heavy atom. The molecule has 0 saturated carbocycles. The Morgan fingerprint density at radius 3 is 2.65 bits per heavy atom. The third-order valence-electron chi connectivity index (χ3n) is 4.50. The van der Waals surface area contributed by atoms with E-state index in [1.54, 1.807) is 0 Å². The van der Waals surface area contributed by atoms with Gasteiger partial charge in [0, 0.05) is 45.4 Å². The minimum Gasteiger partial charge on any atom is -0.381 e. The van der Waals surface area contributed by atoms with Crippen molar-refractivity contribution in [1.82, 2.24) is 10.2 Å². The molecule has 1 aromatic rings. The van der Waals surface area contributed by atoms with E-state index in [2.05, 4.69) is 22.3 Å². The molecular formula is C19H31ClIN3O2. The third kappa shape index (κ3) is 8.88. The van der Waals surface area contributed by atoms with E-state index in [1.807, 2.05) is 31.3 Å². The van der Waals surface area contributed by atoms with Gasteiger partial charge in [-0.2, -0.15) is 0 Å². The lowest BCUT2D eigenvalue weighted by molar-refractivity contribution is 0.0625. The van der Waals surface area contributed by atoms with Gasteiger partial charge < -0.3 is 19.7 Å². The number of benzene rings is 1. The summed E-state index contributed by atoms with van der Waals surface area (Å²) >= 11 is 5.88. The van der Waals surface area contributed by atoms with Gasteiger partial charge in [0.2, 0.25) is 0 Å². The van der Waals surface area contributed by atoms with Crippen LogP contribution in [0.1, 0.15) is 24.8 Å². The van der Waals surface area contributed by atoms with Crippen LogP contribution in [0.15, 0.2) is 29.3 Å². The number of halogens is 2. The number of hydrogen-bond donors (Lipinski definition) is 1. The van der Waals surface area contributed by atoms with E-state index in [4.69, 9.17) is 21.1 Å². The summed E-state index contributed by atoms with van der Waals surface area (Å²) in [4.78, 5) is 6.54. The lowest BCUT2D eigenvalue weighted by Crippen LogP contribution is -2.41. The Labute approximate surface area is 179 Å². The number of guanidine groups is 1. The van der Waals surface area contributed by atoms with E-state index in [-0.39, 0.29) is 24.0 Å². The van der Waals surface area contributed by atoms with E-state index in [9.17, 15) is 0 Å². The summed E-state index contributed by atoms with van der Waals surface area (Å²) in [5.74, 6) is 1.69. The average molecular weight is 496 g/mol. The number of rotatable bonds is 8. The van der Waals surface area contributed by atoms with Crippen LogP contribution in [0.5, 0.6) is 0 Å². The molecule has 148 valence electrons. The molecule has 1 aliphatic rings. The Balaban J connectivity index is 0.00000338. The number of nitrogens with zero attached hydrogens (tertiary/aromatic N) is 2. The molecule has 0 amide bonds. The van der Waals surface area contributed by atoms with Crippen molar-refractivity contribution in [2.45, 2.75) is 25.9 Å². The fraction of sp³-hybridized carbons (Fsp3) is 0.632. The van der Waals surface area contributed by atoms with Crippen LogP contribution in [0.2, 0.25) is 5.02 Å². The van der Waals surface area contributed by atoms with Gasteiger partial charge in [0.05, 0.1) is 13.2 Å². The minimum atomic E-state index is 0. The van der Waals surface area contributed by atoms with Crippen LogP contribution in [0.3, 0.4) is 0 Å². The molecule has 0 radical (unpaired) electrons. The predicted molar refractivity (Wildman–Crippen MR) is 119 cm³/mol. The highest BCUT2D eigenvalue weighted by atomic mass is 127. The molecule has 1 aliphatic heterocycles. The number of ether oxygens (including phenoxy) is 2. The van der Waals surface area contributed by atoms with Gasteiger partial charge in [0.25, 0.3) is 0 Å². The normalized spacial score (nSPS) is 15.4. The zero-order valence-corrected chi connectivity index (χ0v) is 18.8. The molecule has 1 saturated heterocycles. The van der Waals surface area contributed by atoms with Gasteiger partial charge in [-0.25, -0.2) is 0 Å². The van der Waals surface area contributed by atoms with Crippen molar-refractivity contribution in [3.8, 4) is 0 Å². The smallest absolute Gasteiger partial charge is 0.193 e. The van der Waals surface area contributed by atoms with E-state index >= 15 is 0 Å². The highest BCUT2D eigenvalue weighted by Crippen LogP contribution is 2.18. The second-order valence-corrected chi connectivity index (χ2v) is 6.86. The maximum atomic E-state index is 5.88. The lowest BCUT2D eigenvalue weighted by atomic mass is 9.96. The van der Waals surface area contributed by atoms with Crippen molar-refractivity contribution in [2.75, 3.05) is 47.0 Å². The highest BCUT2D eigenvalue weighted by molar-refractivity contribution is 14.0. The topological polar surface area (TPSA) is 46.1 Å². The fourth-order valence-electron chi connectivity index (χ4n) is 2.91. The fourth-order valence-corrected chi connectivity index (χ4v) is 3.03. The van der Waals surface area contributed by atoms with E-state index < -0.39 is 0 Å². The second-order valence-electron chi connectivity index (χ2n) is 6.42. The van der Waals surface area contributed by atoms with Crippen LogP contribution >= 0.6 is 35.6 Å². The molecule has 7 heteroatoms. The minimum absolute atomic E-state index is 0. The van der Waals surface area contributed by atoms with Gasteiger partial charge >= 0.3 is 0 Å². The average Bonchev–Trinajstić information content (AvgIpc) is 2.65.